The van der Waals surface area contributed by atoms with Gasteiger partial charge in [0.25, 0.3) is 0 Å². The normalized spacial score (nSPS) is 15.1. The molecule has 0 saturated carbocycles. The van der Waals surface area contributed by atoms with Crippen LogP contribution in [0.3, 0.4) is 0 Å². The molecule has 2 amide bonds. The van der Waals surface area contributed by atoms with E-state index in [2.05, 4.69) is 34.7 Å². The summed E-state index contributed by atoms with van der Waals surface area (Å²) in [7, 11) is 5.35. The van der Waals surface area contributed by atoms with Crippen LogP contribution in [-0.4, -0.2) is 47.5 Å². The Morgan fingerprint density at radius 2 is 2.04 bits per heavy atom. The summed E-state index contributed by atoms with van der Waals surface area (Å²) < 4.78 is 7.02. The van der Waals surface area contributed by atoms with E-state index < -0.39 is 0 Å². The van der Waals surface area contributed by atoms with E-state index in [0.29, 0.717) is 6.61 Å². The fraction of sp³-hybridized carbons (Fsp3) is 0.444. The Morgan fingerprint density at radius 3 is 2.58 bits per heavy atom. The molecule has 1 heterocycles. The molecule has 6 nitrogen and oxygen atoms in total. The SMILES string of the molecule is COC[C@@H](NC(=O)N(C)C1Cc2ccccc2C1)c1ccnn1C. The molecule has 0 bridgehead atoms. The number of amides is 2. The second kappa shape index (κ2) is 7.05. The lowest BCUT2D eigenvalue weighted by Crippen LogP contribution is -2.46. The number of hydrogen-bond donors (Lipinski definition) is 1. The first-order chi connectivity index (χ1) is 11.6. The van der Waals surface area contributed by atoms with E-state index in [9.17, 15) is 4.79 Å². The molecule has 0 radical (unpaired) electrons. The van der Waals surface area contributed by atoms with Gasteiger partial charge in [0.05, 0.1) is 18.3 Å². The van der Waals surface area contributed by atoms with E-state index >= 15 is 0 Å². The summed E-state index contributed by atoms with van der Waals surface area (Å²) >= 11 is 0. The van der Waals surface area contributed by atoms with Crippen molar-refractivity contribution in [1.82, 2.24) is 20.0 Å². The minimum absolute atomic E-state index is 0.0870. The highest BCUT2D eigenvalue weighted by molar-refractivity contribution is 5.75. The number of nitrogens with one attached hydrogen (secondary N) is 1. The first kappa shape index (κ1) is 16.5. The third-order valence-electron chi connectivity index (χ3n) is 4.74. The Hall–Kier alpha value is -2.34. The molecule has 1 aliphatic carbocycles. The van der Waals surface area contributed by atoms with Gasteiger partial charge >= 0.3 is 6.03 Å². The van der Waals surface area contributed by atoms with Crippen LogP contribution in [0.15, 0.2) is 36.5 Å². The number of methoxy groups -OCH3 is 1. The number of benzene rings is 1. The maximum absolute atomic E-state index is 12.7. The number of urea groups is 1. The van der Waals surface area contributed by atoms with Crippen LogP contribution in [0.25, 0.3) is 0 Å². The number of carbonyl (C=O) groups is 1. The minimum atomic E-state index is -0.221. The van der Waals surface area contributed by atoms with Crippen LogP contribution in [0.5, 0.6) is 0 Å². The van der Waals surface area contributed by atoms with Crippen LogP contribution in [0.4, 0.5) is 4.79 Å². The predicted octanol–water partition coefficient (Wildman–Crippen LogP) is 1.92. The van der Waals surface area contributed by atoms with Crippen molar-refractivity contribution in [2.24, 2.45) is 7.05 Å². The number of carbonyl (C=O) groups excluding carboxylic acids is 1. The van der Waals surface area contributed by atoms with Crippen LogP contribution < -0.4 is 5.32 Å². The third kappa shape index (κ3) is 3.28. The molecule has 0 aliphatic heterocycles. The minimum Gasteiger partial charge on any atom is -0.382 e. The predicted molar refractivity (Wildman–Crippen MR) is 91.8 cm³/mol. The van der Waals surface area contributed by atoms with Crippen molar-refractivity contribution in [3.05, 3.63) is 53.3 Å². The Labute approximate surface area is 142 Å². The smallest absolute Gasteiger partial charge is 0.318 e. The van der Waals surface area contributed by atoms with Gasteiger partial charge in [-0.25, -0.2) is 4.79 Å². The van der Waals surface area contributed by atoms with Crippen LogP contribution in [-0.2, 0) is 24.6 Å². The van der Waals surface area contributed by atoms with Gasteiger partial charge in [0.1, 0.15) is 0 Å². The van der Waals surface area contributed by atoms with Gasteiger partial charge in [-0.2, -0.15) is 5.10 Å². The highest BCUT2D eigenvalue weighted by Crippen LogP contribution is 2.25. The zero-order valence-electron chi connectivity index (χ0n) is 14.4. The number of hydrogen-bond acceptors (Lipinski definition) is 3. The summed E-state index contributed by atoms with van der Waals surface area (Å²) in [6, 6.07) is 10.2. The maximum Gasteiger partial charge on any atom is 0.318 e. The highest BCUT2D eigenvalue weighted by atomic mass is 16.5. The number of aryl methyl sites for hydroxylation is 1. The van der Waals surface area contributed by atoms with Gasteiger partial charge in [0, 0.05) is 33.4 Å². The molecule has 24 heavy (non-hydrogen) atoms. The number of rotatable bonds is 5. The Balaban J connectivity index is 1.66. The molecule has 2 aromatic rings. The van der Waals surface area contributed by atoms with Crippen molar-refractivity contribution in [3.63, 3.8) is 0 Å². The van der Waals surface area contributed by atoms with Gasteiger partial charge in [0.15, 0.2) is 0 Å². The van der Waals surface area contributed by atoms with E-state index in [4.69, 9.17) is 4.74 Å². The maximum atomic E-state index is 12.7. The molecule has 1 atom stereocenters. The number of fused-ring (bicyclic) bond motifs is 1. The Morgan fingerprint density at radius 1 is 1.38 bits per heavy atom. The monoisotopic (exact) mass is 328 g/mol. The van der Waals surface area contributed by atoms with E-state index in [0.717, 1.165) is 18.5 Å². The van der Waals surface area contributed by atoms with Gasteiger partial charge in [0.2, 0.25) is 0 Å². The summed E-state index contributed by atoms with van der Waals surface area (Å²) in [4.78, 5) is 14.5. The van der Waals surface area contributed by atoms with E-state index in [-0.39, 0.29) is 18.1 Å². The molecule has 1 aliphatic rings. The molecule has 0 unspecified atom stereocenters. The molecule has 0 saturated heterocycles. The quantitative estimate of drug-likeness (QED) is 0.912. The van der Waals surface area contributed by atoms with E-state index in [1.807, 2.05) is 20.2 Å². The van der Waals surface area contributed by atoms with Crippen molar-refractivity contribution in [2.75, 3.05) is 20.8 Å². The zero-order chi connectivity index (χ0) is 17.1. The summed E-state index contributed by atoms with van der Waals surface area (Å²) in [6.07, 6.45) is 3.53. The van der Waals surface area contributed by atoms with Crippen molar-refractivity contribution in [2.45, 2.75) is 24.9 Å². The number of ether oxygens (including phenoxy) is 1. The van der Waals surface area contributed by atoms with E-state index in [1.165, 1.54) is 11.1 Å². The fourth-order valence-corrected chi connectivity index (χ4v) is 3.32. The number of aromatic nitrogens is 2. The van der Waals surface area contributed by atoms with Gasteiger partial charge in [-0.05, 0) is 30.0 Å². The first-order valence-electron chi connectivity index (χ1n) is 8.17. The Bertz CT molecular complexity index is 688. The largest absolute Gasteiger partial charge is 0.382 e. The van der Waals surface area contributed by atoms with Gasteiger partial charge in [-0.15, -0.1) is 0 Å². The Kier molecular flexibility index (Phi) is 4.85. The first-order valence-corrected chi connectivity index (χ1v) is 8.17. The lowest BCUT2D eigenvalue weighted by atomic mass is 10.1. The average molecular weight is 328 g/mol. The van der Waals surface area contributed by atoms with Crippen molar-refractivity contribution in [1.29, 1.82) is 0 Å². The second-order valence-corrected chi connectivity index (χ2v) is 6.28. The standard InChI is InChI=1S/C18H24N4O2/c1-21(15-10-13-6-4-5-7-14(13)11-15)18(23)20-16(12-24-3)17-8-9-19-22(17)2/h4-9,15-16H,10-12H2,1-3H3,(H,20,23)/t16-/m1/s1. The molecular formula is C18H24N4O2. The van der Waals surface area contributed by atoms with Gasteiger partial charge < -0.3 is 15.0 Å². The van der Waals surface area contributed by atoms with Crippen LogP contribution in [0, 0.1) is 0 Å². The molecule has 1 aromatic heterocycles. The number of nitrogens with zero attached hydrogens (tertiary/aromatic N) is 3. The molecule has 128 valence electrons. The lowest BCUT2D eigenvalue weighted by Gasteiger charge is -2.27. The molecule has 1 N–H and O–H groups in total. The molecular weight excluding hydrogens is 304 g/mol. The molecule has 3 rings (SSSR count). The zero-order valence-corrected chi connectivity index (χ0v) is 14.4. The van der Waals surface area contributed by atoms with Gasteiger partial charge in [-0.3, -0.25) is 4.68 Å². The average Bonchev–Trinajstić information content (AvgIpc) is 3.19. The summed E-state index contributed by atoms with van der Waals surface area (Å²) in [6.45, 7) is 0.407. The van der Waals surface area contributed by atoms with Crippen molar-refractivity contribution in [3.8, 4) is 0 Å². The summed E-state index contributed by atoms with van der Waals surface area (Å²) in [5, 5.41) is 7.24. The van der Waals surface area contributed by atoms with E-state index in [1.54, 1.807) is 22.9 Å². The van der Waals surface area contributed by atoms with Crippen molar-refractivity contribution >= 4 is 6.03 Å². The number of likely N-dealkylation sites (N-methyl/N-ethyl adjacent to an activating group) is 1. The van der Waals surface area contributed by atoms with Crippen LogP contribution in [0.2, 0.25) is 0 Å². The molecule has 6 heteroatoms. The summed E-state index contributed by atoms with van der Waals surface area (Å²) in [5.74, 6) is 0. The molecule has 0 fully saturated rings. The highest BCUT2D eigenvalue weighted by Gasteiger charge is 2.28. The third-order valence-corrected chi connectivity index (χ3v) is 4.74. The lowest BCUT2D eigenvalue weighted by molar-refractivity contribution is 0.150. The van der Waals surface area contributed by atoms with Gasteiger partial charge in [-0.1, -0.05) is 24.3 Å². The molecule has 1 aromatic carbocycles. The van der Waals surface area contributed by atoms with Crippen molar-refractivity contribution < 1.29 is 9.53 Å². The molecule has 0 spiro atoms. The second-order valence-electron chi connectivity index (χ2n) is 6.28. The van der Waals surface area contributed by atoms with Crippen LogP contribution >= 0.6 is 0 Å². The fourth-order valence-electron chi connectivity index (χ4n) is 3.32. The summed E-state index contributed by atoms with van der Waals surface area (Å²) in [5.41, 5.74) is 3.60. The van der Waals surface area contributed by atoms with Crippen LogP contribution in [0.1, 0.15) is 22.9 Å². The topological polar surface area (TPSA) is 59.4 Å².